The molecule has 17 heavy (non-hydrogen) atoms. The maximum atomic E-state index is 11.7. The molecule has 0 aliphatic rings. The Bertz CT molecular complexity index is 382. The largest absolute Gasteiger partial charge is 0.294 e. The first-order valence-corrected chi connectivity index (χ1v) is 7.46. The van der Waals surface area contributed by atoms with Gasteiger partial charge in [0.2, 0.25) is 0 Å². The topological polar surface area (TPSA) is 17.1 Å². The van der Waals surface area contributed by atoms with Crippen LogP contribution in [0.1, 0.15) is 31.7 Å². The van der Waals surface area contributed by atoms with Crippen molar-refractivity contribution in [3.63, 3.8) is 0 Å². The summed E-state index contributed by atoms with van der Waals surface area (Å²) in [6.07, 6.45) is 6.60. The maximum absolute atomic E-state index is 11.7. The van der Waals surface area contributed by atoms with Gasteiger partial charge in [-0.3, -0.25) is 4.79 Å². The van der Waals surface area contributed by atoms with Crippen molar-refractivity contribution >= 4 is 43.7 Å². The molecule has 0 fully saturated rings. The molecule has 1 aromatic rings. The fraction of sp³-hybridized carbons (Fsp3) is 0.357. The fourth-order valence-corrected chi connectivity index (χ4v) is 2.12. The summed E-state index contributed by atoms with van der Waals surface area (Å²) in [5.41, 5.74) is 1.04. The first-order chi connectivity index (χ1) is 8.13. The van der Waals surface area contributed by atoms with Crippen LogP contribution in [0.4, 0.5) is 0 Å². The summed E-state index contributed by atoms with van der Waals surface area (Å²) >= 11 is 6.80. The zero-order valence-electron chi connectivity index (χ0n) is 9.83. The first kappa shape index (κ1) is 14.7. The normalized spacial score (nSPS) is 12.9. The van der Waals surface area contributed by atoms with Crippen LogP contribution >= 0.6 is 31.9 Å². The van der Waals surface area contributed by atoms with E-state index in [1.165, 1.54) is 0 Å². The van der Waals surface area contributed by atoms with Crippen molar-refractivity contribution < 1.29 is 4.79 Å². The SMILES string of the molecule is CCCCC(Br)C(=O)C=Cc1ccc(Br)cc1. The smallest absolute Gasteiger partial charge is 0.169 e. The molecule has 0 saturated carbocycles. The van der Waals surface area contributed by atoms with Crippen molar-refractivity contribution in [2.45, 2.75) is 31.0 Å². The van der Waals surface area contributed by atoms with E-state index in [-0.39, 0.29) is 10.6 Å². The maximum Gasteiger partial charge on any atom is 0.169 e. The van der Waals surface area contributed by atoms with Crippen molar-refractivity contribution in [1.29, 1.82) is 0 Å². The number of carbonyl (C=O) groups is 1. The zero-order valence-corrected chi connectivity index (χ0v) is 13.0. The molecule has 1 atom stereocenters. The molecule has 0 saturated heterocycles. The Hall–Kier alpha value is -0.410. The Morgan fingerprint density at radius 2 is 2.00 bits per heavy atom. The molecule has 1 unspecified atom stereocenters. The molecule has 0 aliphatic heterocycles. The van der Waals surface area contributed by atoms with E-state index in [0.717, 1.165) is 29.3 Å². The summed E-state index contributed by atoms with van der Waals surface area (Å²) in [5.74, 6) is 0.140. The number of alkyl halides is 1. The van der Waals surface area contributed by atoms with E-state index < -0.39 is 0 Å². The lowest BCUT2D eigenvalue weighted by atomic mass is 10.1. The Balaban J connectivity index is 2.52. The summed E-state index contributed by atoms with van der Waals surface area (Å²) in [6.45, 7) is 2.13. The highest BCUT2D eigenvalue weighted by atomic mass is 79.9. The minimum atomic E-state index is -0.0471. The van der Waals surface area contributed by atoms with Crippen LogP contribution in [0.3, 0.4) is 0 Å². The van der Waals surface area contributed by atoms with E-state index >= 15 is 0 Å². The van der Waals surface area contributed by atoms with Gasteiger partial charge in [0, 0.05) is 4.47 Å². The Morgan fingerprint density at radius 1 is 1.35 bits per heavy atom. The van der Waals surface area contributed by atoms with Crippen LogP contribution in [0, 0.1) is 0 Å². The molecular formula is C14H16Br2O. The van der Waals surface area contributed by atoms with Crippen LogP contribution < -0.4 is 0 Å². The van der Waals surface area contributed by atoms with E-state index in [9.17, 15) is 4.79 Å². The van der Waals surface area contributed by atoms with E-state index in [0.29, 0.717) is 0 Å². The standard InChI is InChI=1S/C14H16Br2O/c1-2-3-4-13(16)14(17)10-7-11-5-8-12(15)9-6-11/h5-10,13H,2-4H2,1H3. The number of halogens is 2. The lowest BCUT2D eigenvalue weighted by molar-refractivity contribution is -0.114. The summed E-state index contributed by atoms with van der Waals surface area (Å²) in [5, 5.41) is 0. The van der Waals surface area contributed by atoms with Gasteiger partial charge in [-0.25, -0.2) is 0 Å². The molecule has 0 heterocycles. The number of allylic oxidation sites excluding steroid dienone is 1. The van der Waals surface area contributed by atoms with E-state index in [1.807, 2.05) is 30.3 Å². The third-order valence-corrected chi connectivity index (χ3v) is 3.87. The number of hydrogen-bond acceptors (Lipinski definition) is 1. The van der Waals surface area contributed by atoms with Crippen molar-refractivity contribution in [3.8, 4) is 0 Å². The lowest BCUT2D eigenvalue weighted by Crippen LogP contribution is -2.10. The molecule has 0 aromatic heterocycles. The van der Waals surface area contributed by atoms with Gasteiger partial charge in [-0.15, -0.1) is 0 Å². The monoisotopic (exact) mass is 358 g/mol. The summed E-state index contributed by atoms with van der Waals surface area (Å²) in [4.78, 5) is 11.7. The van der Waals surface area contributed by atoms with Gasteiger partial charge in [0.25, 0.3) is 0 Å². The lowest BCUT2D eigenvalue weighted by Gasteiger charge is -2.03. The van der Waals surface area contributed by atoms with Gasteiger partial charge in [-0.2, -0.15) is 0 Å². The number of ketones is 1. The minimum Gasteiger partial charge on any atom is -0.294 e. The Morgan fingerprint density at radius 3 is 2.59 bits per heavy atom. The van der Waals surface area contributed by atoms with Gasteiger partial charge in [-0.05, 0) is 30.2 Å². The molecule has 0 bridgehead atoms. The second-order valence-corrected chi connectivity index (χ2v) is 5.92. The van der Waals surface area contributed by atoms with Gasteiger partial charge < -0.3 is 0 Å². The number of carbonyl (C=O) groups excluding carboxylic acids is 1. The zero-order chi connectivity index (χ0) is 12.7. The van der Waals surface area contributed by atoms with Crippen LogP contribution in [0.5, 0.6) is 0 Å². The van der Waals surface area contributed by atoms with Gasteiger partial charge in [0.05, 0.1) is 4.83 Å². The number of rotatable bonds is 6. The molecule has 1 nitrogen and oxygen atoms in total. The van der Waals surface area contributed by atoms with Crippen LogP contribution in [-0.2, 0) is 4.79 Å². The molecule has 92 valence electrons. The highest BCUT2D eigenvalue weighted by molar-refractivity contribution is 9.10. The molecule has 0 N–H and O–H groups in total. The van der Waals surface area contributed by atoms with Gasteiger partial charge in [0.1, 0.15) is 0 Å². The molecule has 0 spiro atoms. The van der Waals surface area contributed by atoms with Gasteiger partial charge in [0.15, 0.2) is 5.78 Å². The number of benzene rings is 1. The fourth-order valence-electron chi connectivity index (χ4n) is 1.38. The van der Waals surface area contributed by atoms with E-state index in [4.69, 9.17) is 0 Å². The second kappa shape index (κ2) is 7.83. The van der Waals surface area contributed by atoms with Crippen molar-refractivity contribution in [3.05, 3.63) is 40.4 Å². The molecule has 0 aliphatic carbocycles. The molecule has 3 heteroatoms. The van der Waals surface area contributed by atoms with E-state index in [1.54, 1.807) is 6.08 Å². The molecule has 0 radical (unpaired) electrons. The third-order valence-electron chi connectivity index (χ3n) is 2.43. The highest BCUT2D eigenvalue weighted by Crippen LogP contribution is 2.14. The summed E-state index contributed by atoms with van der Waals surface area (Å²) in [7, 11) is 0. The predicted molar refractivity (Wildman–Crippen MR) is 80.4 cm³/mol. The molecular weight excluding hydrogens is 344 g/mol. The molecule has 1 rings (SSSR count). The Labute approximate surface area is 120 Å². The van der Waals surface area contributed by atoms with Gasteiger partial charge in [-0.1, -0.05) is 69.8 Å². The first-order valence-electron chi connectivity index (χ1n) is 5.75. The van der Waals surface area contributed by atoms with Crippen LogP contribution in [-0.4, -0.2) is 10.6 Å². The average molecular weight is 360 g/mol. The van der Waals surface area contributed by atoms with Crippen LogP contribution in [0.25, 0.3) is 6.08 Å². The summed E-state index contributed by atoms with van der Waals surface area (Å²) in [6, 6.07) is 7.88. The highest BCUT2D eigenvalue weighted by Gasteiger charge is 2.10. The minimum absolute atomic E-state index is 0.0471. The van der Waals surface area contributed by atoms with E-state index in [2.05, 4.69) is 38.8 Å². The number of hydrogen-bond donors (Lipinski definition) is 0. The third kappa shape index (κ3) is 5.64. The van der Waals surface area contributed by atoms with Crippen molar-refractivity contribution in [2.24, 2.45) is 0 Å². The molecule has 0 amide bonds. The quantitative estimate of drug-likeness (QED) is 0.516. The average Bonchev–Trinajstić information content (AvgIpc) is 2.34. The van der Waals surface area contributed by atoms with Gasteiger partial charge >= 0.3 is 0 Å². The summed E-state index contributed by atoms with van der Waals surface area (Å²) < 4.78 is 1.04. The van der Waals surface area contributed by atoms with Crippen LogP contribution in [0.2, 0.25) is 0 Å². The Kier molecular flexibility index (Phi) is 6.75. The predicted octanol–water partition coefficient (Wildman–Crippen LogP) is 4.99. The van der Waals surface area contributed by atoms with Crippen molar-refractivity contribution in [2.75, 3.05) is 0 Å². The number of unbranched alkanes of at least 4 members (excludes halogenated alkanes) is 1. The van der Waals surface area contributed by atoms with Crippen molar-refractivity contribution in [1.82, 2.24) is 0 Å². The molecule has 1 aromatic carbocycles. The second-order valence-electron chi connectivity index (χ2n) is 3.90. The van der Waals surface area contributed by atoms with Crippen LogP contribution in [0.15, 0.2) is 34.8 Å².